The molecule has 3 rings (SSSR count). The van der Waals surface area contributed by atoms with E-state index < -0.39 is 0 Å². The third kappa shape index (κ3) is 4.96. The van der Waals surface area contributed by atoms with Crippen LogP contribution in [0.25, 0.3) is 6.08 Å². The van der Waals surface area contributed by atoms with E-state index in [1.807, 2.05) is 13.0 Å². The Morgan fingerprint density at radius 3 is 2.41 bits per heavy atom. The fourth-order valence-electron chi connectivity index (χ4n) is 3.12. The van der Waals surface area contributed by atoms with E-state index in [2.05, 4.69) is 10.2 Å². The van der Waals surface area contributed by atoms with Crippen LogP contribution in [0.5, 0.6) is 23.1 Å². The van der Waals surface area contributed by atoms with Crippen LogP contribution in [0.15, 0.2) is 30.3 Å². The Balaban J connectivity index is 1.63. The molecule has 1 aromatic heterocycles. The number of likely N-dealkylation sites (tertiary alicyclic amines) is 1. The smallest absolute Gasteiger partial charge is 0.246 e. The highest BCUT2D eigenvalue weighted by atomic mass is 16.5. The molecular formula is C21H25N3O5. The first-order valence-electron chi connectivity index (χ1n) is 9.28. The molecule has 0 bridgehead atoms. The number of carbonyl (C=O) groups excluding carboxylic acids is 1. The average Bonchev–Trinajstić information content (AvgIpc) is 3.21. The number of carbonyl (C=O) groups is 1. The van der Waals surface area contributed by atoms with Crippen molar-refractivity contribution in [2.45, 2.75) is 19.4 Å². The molecule has 0 aliphatic carbocycles. The summed E-state index contributed by atoms with van der Waals surface area (Å²) in [6.45, 7) is 3.00. The average molecular weight is 399 g/mol. The standard InChI is InChI=1S/C21H25N3O5/c1-14-5-7-19(23-22-14)29-16-9-10-24(13-16)20(25)8-6-15-11-17(26-2)21(28-4)18(12-15)27-3/h5-8,11-12,16H,9-10,13H2,1-4H3/b8-6+. The Morgan fingerprint density at radius 2 is 1.83 bits per heavy atom. The van der Waals surface area contributed by atoms with Gasteiger partial charge in [-0.2, -0.15) is 5.10 Å². The van der Waals surface area contributed by atoms with E-state index in [0.29, 0.717) is 36.2 Å². The monoisotopic (exact) mass is 399 g/mol. The van der Waals surface area contributed by atoms with E-state index in [1.54, 1.807) is 50.5 Å². The number of nitrogens with zero attached hydrogens (tertiary/aromatic N) is 3. The van der Waals surface area contributed by atoms with Crippen LogP contribution >= 0.6 is 0 Å². The van der Waals surface area contributed by atoms with E-state index in [9.17, 15) is 4.79 Å². The van der Waals surface area contributed by atoms with Gasteiger partial charge in [0.1, 0.15) is 6.10 Å². The molecule has 1 saturated heterocycles. The van der Waals surface area contributed by atoms with Gasteiger partial charge in [0.2, 0.25) is 17.5 Å². The van der Waals surface area contributed by atoms with Crippen LogP contribution in [0, 0.1) is 6.92 Å². The fraction of sp³-hybridized carbons (Fsp3) is 0.381. The molecular weight excluding hydrogens is 374 g/mol. The van der Waals surface area contributed by atoms with Gasteiger partial charge in [-0.15, -0.1) is 5.10 Å². The van der Waals surface area contributed by atoms with Gasteiger partial charge in [-0.05, 0) is 36.8 Å². The Hall–Kier alpha value is -3.29. The Morgan fingerprint density at radius 1 is 1.10 bits per heavy atom. The summed E-state index contributed by atoms with van der Waals surface area (Å²) in [4.78, 5) is 14.3. The van der Waals surface area contributed by atoms with E-state index in [4.69, 9.17) is 18.9 Å². The predicted molar refractivity (Wildman–Crippen MR) is 108 cm³/mol. The van der Waals surface area contributed by atoms with Gasteiger partial charge in [0, 0.05) is 25.1 Å². The third-order valence-corrected chi connectivity index (χ3v) is 4.62. The lowest BCUT2D eigenvalue weighted by atomic mass is 10.1. The van der Waals surface area contributed by atoms with Crippen LogP contribution in [-0.4, -0.2) is 61.5 Å². The number of methoxy groups -OCH3 is 3. The summed E-state index contributed by atoms with van der Waals surface area (Å²) >= 11 is 0. The molecule has 1 unspecified atom stereocenters. The van der Waals surface area contributed by atoms with Gasteiger partial charge in [-0.1, -0.05) is 0 Å². The molecule has 8 heteroatoms. The van der Waals surface area contributed by atoms with Crippen LogP contribution in [0.2, 0.25) is 0 Å². The molecule has 1 atom stereocenters. The van der Waals surface area contributed by atoms with Crippen LogP contribution in [-0.2, 0) is 4.79 Å². The van der Waals surface area contributed by atoms with Crippen molar-refractivity contribution in [3.8, 4) is 23.1 Å². The second-order valence-electron chi connectivity index (χ2n) is 6.62. The van der Waals surface area contributed by atoms with E-state index in [0.717, 1.165) is 17.7 Å². The molecule has 1 aliphatic rings. The minimum atomic E-state index is -0.0921. The lowest BCUT2D eigenvalue weighted by Gasteiger charge is -2.15. The van der Waals surface area contributed by atoms with Crippen molar-refractivity contribution in [2.75, 3.05) is 34.4 Å². The minimum Gasteiger partial charge on any atom is -0.493 e. The SMILES string of the molecule is COc1cc(/C=C/C(=O)N2CCC(Oc3ccc(C)nn3)C2)cc(OC)c1OC. The molecule has 2 heterocycles. The molecule has 0 radical (unpaired) electrons. The second-order valence-corrected chi connectivity index (χ2v) is 6.62. The van der Waals surface area contributed by atoms with Gasteiger partial charge in [0.05, 0.1) is 33.6 Å². The van der Waals surface area contributed by atoms with E-state index >= 15 is 0 Å². The number of aryl methyl sites for hydroxylation is 1. The molecule has 0 saturated carbocycles. The van der Waals surface area contributed by atoms with Crippen molar-refractivity contribution in [1.29, 1.82) is 0 Å². The van der Waals surface area contributed by atoms with E-state index in [1.165, 1.54) is 6.08 Å². The summed E-state index contributed by atoms with van der Waals surface area (Å²) in [6.07, 6.45) is 3.92. The summed E-state index contributed by atoms with van der Waals surface area (Å²) in [7, 11) is 4.66. The highest BCUT2D eigenvalue weighted by molar-refractivity contribution is 5.92. The highest BCUT2D eigenvalue weighted by Gasteiger charge is 2.27. The van der Waals surface area contributed by atoms with Crippen molar-refractivity contribution >= 4 is 12.0 Å². The number of ether oxygens (including phenoxy) is 4. The van der Waals surface area contributed by atoms with Gasteiger partial charge in [0.25, 0.3) is 0 Å². The first kappa shape index (κ1) is 20.4. The number of hydrogen-bond donors (Lipinski definition) is 0. The van der Waals surface area contributed by atoms with Crippen LogP contribution in [0.4, 0.5) is 0 Å². The van der Waals surface area contributed by atoms with Crippen LogP contribution in [0.1, 0.15) is 17.7 Å². The largest absolute Gasteiger partial charge is 0.493 e. The van der Waals surface area contributed by atoms with E-state index in [-0.39, 0.29) is 12.0 Å². The Kier molecular flexibility index (Phi) is 6.54. The topological polar surface area (TPSA) is 83.0 Å². The van der Waals surface area contributed by atoms with Gasteiger partial charge in [-0.25, -0.2) is 0 Å². The maximum atomic E-state index is 12.6. The van der Waals surface area contributed by atoms with Gasteiger partial charge in [-0.3, -0.25) is 4.79 Å². The molecule has 1 fully saturated rings. The molecule has 1 amide bonds. The van der Waals surface area contributed by atoms with Crippen molar-refractivity contribution in [3.05, 3.63) is 41.6 Å². The van der Waals surface area contributed by atoms with Gasteiger partial charge >= 0.3 is 0 Å². The molecule has 0 spiro atoms. The number of benzene rings is 1. The number of hydrogen-bond acceptors (Lipinski definition) is 7. The lowest BCUT2D eigenvalue weighted by Crippen LogP contribution is -2.29. The van der Waals surface area contributed by atoms with Crippen LogP contribution in [0.3, 0.4) is 0 Å². The normalized spacial score (nSPS) is 16.1. The summed E-state index contributed by atoms with van der Waals surface area (Å²) in [6, 6.07) is 7.21. The predicted octanol–water partition coefficient (Wildman–Crippen LogP) is 2.50. The molecule has 8 nitrogen and oxygen atoms in total. The summed E-state index contributed by atoms with van der Waals surface area (Å²) in [5.41, 5.74) is 1.60. The Bertz CT molecular complexity index is 857. The van der Waals surface area contributed by atoms with Crippen molar-refractivity contribution in [1.82, 2.24) is 15.1 Å². The van der Waals surface area contributed by atoms with Crippen LogP contribution < -0.4 is 18.9 Å². The summed E-state index contributed by atoms with van der Waals surface area (Å²) < 4.78 is 21.8. The minimum absolute atomic E-state index is 0.0835. The zero-order chi connectivity index (χ0) is 20.8. The summed E-state index contributed by atoms with van der Waals surface area (Å²) in [5.74, 6) is 1.97. The summed E-state index contributed by atoms with van der Waals surface area (Å²) in [5, 5.41) is 7.99. The molecule has 1 aromatic carbocycles. The van der Waals surface area contributed by atoms with Gasteiger partial charge < -0.3 is 23.8 Å². The number of aromatic nitrogens is 2. The fourth-order valence-corrected chi connectivity index (χ4v) is 3.12. The molecule has 2 aromatic rings. The van der Waals surface area contributed by atoms with Gasteiger partial charge in [0.15, 0.2) is 11.5 Å². The molecule has 29 heavy (non-hydrogen) atoms. The highest BCUT2D eigenvalue weighted by Crippen LogP contribution is 2.38. The number of amides is 1. The molecule has 0 N–H and O–H groups in total. The molecule has 154 valence electrons. The third-order valence-electron chi connectivity index (χ3n) is 4.62. The zero-order valence-corrected chi connectivity index (χ0v) is 17.0. The van der Waals surface area contributed by atoms with Crippen molar-refractivity contribution < 1.29 is 23.7 Å². The Labute approximate surface area is 170 Å². The second kappa shape index (κ2) is 9.27. The zero-order valence-electron chi connectivity index (χ0n) is 17.0. The quantitative estimate of drug-likeness (QED) is 0.662. The molecule has 1 aliphatic heterocycles. The first-order chi connectivity index (χ1) is 14.0. The lowest BCUT2D eigenvalue weighted by molar-refractivity contribution is -0.125. The van der Waals surface area contributed by atoms with Crippen molar-refractivity contribution in [3.63, 3.8) is 0 Å². The van der Waals surface area contributed by atoms with Crippen molar-refractivity contribution in [2.24, 2.45) is 0 Å². The maximum absolute atomic E-state index is 12.6. The first-order valence-corrected chi connectivity index (χ1v) is 9.28. The maximum Gasteiger partial charge on any atom is 0.246 e. The number of rotatable bonds is 7.